The van der Waals surface area contributed by atoms with Crippen LogP contribution in [0.4, 0.5) is 0 Å². The lowest BCUT2D eigenvalue weighted by atomic mass is 10.3. The van der Waals surface area contributed by atoms with Gasteiger partial charge in [0.1, 0.15) is 11.3 Å². The van der Waals surface area contributed by atoms with Crippen molar-refractivity contribution < 1.29 is 4.42 Å². The van der Waals surface area contributed by atoms with Crippen molar-refractivity contribution in [2.75, 3.05) is 0 Å². The number of pyridine rings is 1. The first-order valence-corrected chi connectivity index (χ1v) is 6.27. The molecule has 0 N–H and O–H groups in total. The predicted molar refractivity (Wildman–Crippen MR) is 69.9 cm³/mol. The number of nitrogens with zero attached hydrogens (tertiary/aromatic N) is 3. The number of rotatable bonds is 3. The molecule has 3 rings (SSSR count). The molecule has 3 heterocycles. The van der Waals surface area contributed by atoms with Gasteiger partial charge in [-0.1, -0.05) is 11.6 Å². The first-order valence-electron chi connectivity index (χ1n) is 5.35. The van der Waals surface area contributed by atoms with Crippen LogP contribution in [0, 0.1) is 0 Å². The number of furan rings is 1. The summed E-state index contributed by atoms with van der Waals surface area (Å²) in [5.74, 6) is 1.09. The number of aromatic nitrogens is 3. The fraction of sp³-hybridized carbons (Fsp3) is 0.167. The third kappa shape index (κ3) is 1.98. The van der Waals surface area contributed by atoms with E-state index in [1.54, 1.807) is 24.8 Å². The standard InChI is InChI=1S/C12H9Cl2N3O/c13-4-11-16-10-3-9(14)5-15-12(10)17(11)6-8-1-2-18-7-8/h1-3,5,7H,4,6H2. The van der Waals surface area contributed by atoms with E-state index in [1.165, 1.54) is 0 Å². The van der Waals surface area contributed by atoms with Crippen molar-refractivity contribution in [2.24, 2.45) is 0 Å². The zero-order valence-electron chi connectivity index (χ0n) is 9.31. The zero-order valence-corrected chi connectivity index (χ0v) is 10.8. The summed E-state index contributed by atoms with van der Waals surface area (Å²) in [6, 6.07) is 3.69. The second-order valence-corrected chi connectivity index (χ2v) is 4.58. The molecule has 3 aromatic rings. The molecule has 0 aliphatic carbocycles. The molecule has 0 aliphatic rings. The van der Waals surface area contributed by atoms with Gasteiger partial charge in [0.2, 0.25) is 0 Å². The molecule has 0 spiro atoms. The van der Waals surface area contributed by atoms with Crippen LogP contribution in [0.15, 0.2) is 35.3 Å². The lowest BCUT2D eigenvalue weighted by Gasteiger charge is -2.04. The number of alkyl halides is 1. The van der Waals surface area contributed by atoms with Gasteiger partial charge in [-0.25, -0.2) is 9.97 Å². The molecule has 0 atom stereocenters. The van der Waals surface area contributed by atoms with Gasteiger partial charge in [0.05, 0.1) is 30.0 Å². The lowest BCUT2D eigenvalue weighted by Crippen LogP contribution is -2.03. The van der Waals surface area contributed by atoms with Crippen molar-refractivity contribution in [1.82, 2.24) is 14.5 Å². The van der Waals surface area contributed by atoms with Crippen molar-refractivity contribution in [3.05, 3.63) is 47.3 Å². The van der Waals surface area contributed by atoms with Crippen molar-refractivity contribution in [3.8, 4) is 0 Å². The largest absolute Gasteiger partial charge is 0.472 e. The van der Waals surface area contributed by atoms with E-state index in [-0.39, 0.29) is 0 Å². The number of imidazole rings is 1. The van der Waals surface area contributed by atoms with E-state index in [0.29, 0.717) is 17.4 Å². The Kier molecular flexibility index (Phi) is 2.97. The fourth-order valence-corrected chi connectivity index (χ4v) is 2.22. The number of hydrogen-bond donors (Lipinski definition) is 0. The van der Waals surface area contributed by atoms with E-state index in [1.807, 2.05) is 10.6 Å². The van der Waals surface area contributed by atoms with Crippen molar-refractivity contribution >= 4 is 34.4 Å². The van der Waals surface area contributed by atoms with E-state index in [4.69, 9.17) is 27.6 Å². The summed E-state index contributed by atoms with van der Waals surface area (Å²) in [7, 11) is 0. The van der Waals surface area contributed by atoms with Crippen LogP contribution >= 0.6 is 23.2 Å². The summed E-state index contributed by atoms with van der Waals surface area (Å²) < 4.78 is 7.02. The Morgan fingerprint density at radius 2 is 2.28 bits per heavy atom. The minimum absolute atomic E-state index is 0.325. The second kappa shape index (κ2) is 4.63. The van der Waals surface area contributed by atoms with Crippen molar-refractivity contribution in [2.45, 2.75) is 12.4 Å². The molecular weight excluding hydrogens is 273 g/mol. The first-order chi connectivity index (χ1) is 8.78. The fourth-order valence-electron chi connectivity index (χ4n) is 1.87. The quantitative estimate of drug-likeness (QED) is 0.691. The Morgan fingerprint density at radius 3 is 3.00 bits per heavy atom. The highest BCUT2D eigenvalue weighted by molar-refractivity contribution is 6.31. The van der Waals surface area contributed by atoms with Gasteiger partial charge in [-0.2, -0.15) is 0 Å². The van der Waals surface area contributed by atoms with E-state index in [9.17, 15) is 0 Å². The Hall–Kier alpha value is -1.52. The van der Waals surface area contributed by atoms with E-state index in [0.717, 1.165) is 22.6 Å². The van der Waals surface area contributed by atoms with Gasteiger partial charge in [-0.3, -0.25) is 0 Å². The summed E-state index contributed by atoms with van der Waals surface area (Å²) in [5, 5.41) is 0.566. The van der Waals surface area contributed by atoms with Crippen LogP contribution in [0.2, 0.25) is 5.02 Å². The van der Waals surface area contributed by atoms with Gasteiger partial charge in [0.15, 0.2) is 5.65 Å². The maximum absolute atomic E-state index is 5.92. The normalized spacial score (nSPS) is 11.2. The van der Waals surface area contributed by atoms with Gasteiger partial charge >= 0.3 is 0 Å². The molecule has 0 saturated heterocycles. The highest BCUT2D eigenvalue weighted by Gasteiger charge is 2.12. The Balaban J connectivity index is 2.13. The van der Waals surface area contributed by atoms with Crippen LogP contribution in [-0.2, 0) is 12.4 Å². The smallest absolute Gasteiger partial charge is 0.160 e. The van der Waals surface area contributed by atoms with Gasteiger partial charge in [0, 0.05) is 11.8 Å². The molecule has 92 valence electrons. The lowest BCUT2D eigenvalue weighted by molar-refractivity contribution is 0.562. The molecule has 0 aromatic carbocycles. The average molecular weight is 282 g/mol. The molecule has 18 heavy (non-hydrogen) atoms. The molecule has 0 unspecified atom stereocenters. The molecule has 0 amide bonds. The van der Waals surface area contributed by atoms with Crippen LogP contribution in [0.3, 0.4) is 0 Å². The number of fused-ring (bicyclic) bond motifs is 1. The van der Waals surface area contributed by atoms with Gasteiger partial charge in [-0.05, 0) is 12.1 Å². The maximum Gasteiger partial charge on any atom is 0.160 e. The molecule has 0 radical (unpaired) electrons. The Morgan fingerprint density at radius 1 is 1.39 bits per heavy atom. The highest BCUT2D eigenvalue weighted by atomic mass is 35.5. The summed E-state index contributed by atoms with van der Waals surface area (Å²) in [6.07, 6.45) is 4.94. The molecule has 3 aromatic heterocycles. The predicted octanol–water partition coefficient (Wildman–Crippen LogP) is 3.46. The molecular formula is C12H9Cl2N3O. The topological polar surface area (TPSA) is 43.9 Å². The summed E-state index contributed by atoms with van der Waals surface area (Å²) in [4.78, 5) is 8.74. The number of hydrogen-bond acceptors (Lipinski definition) is 3. The maximum atomic E-state index is 5.92. The second-order valence-electron chi connectivity index (χ2n) is 3.88. The average Bonchev–Trinajstić information content (AvgIpc) is 2.97. The Labute approximate surface area is 113 Å². The molecule has 0 bridgehead atoms. The monoisotopic (exact) mass is 281 g/mol. The van der Waals surface area contributed by atoms with Crippen molar-refractivity contribution in [1.29, 1.82) is 0 Å². The molecule has 0 saturated carbocycles. The summed E-state index contributed by atoms with van der Waals surface area (Å²) >= 11 is 11.8. The van der Waals surface area contributed by atoms with Crippen LogP contribution < -0.4 is 0 Å². The molecule has 4 nitrogen and oxygen atoms in total. The van der Waals surface area contributed by atoms with Crippen LogP contribution in [0.25, 0.3) is 11.2 Å². The van der Waals surface area contributed by atoms with E-state index < -0.39 is 0 Å². The minimum atomic E-state index is 0.325. The van der Waals surface area contributed by atoms with E-state index in [2.05, 4.69) is 9.97 Å². The summed E-state index contributed by atoms with van der Waals surface area (Å²) in [6.45, 7) is 0.629. The number of halogens is 2. The summed E-state index contributed by atoms with van der Waals surface area (Å²) in [5.41, 5.74) is 2.57. The Bertz CT molecular complexity index is 676. The SMILES string of the molecule is ClCc1nc2cc(Cl)cnc2n1Cc1ccoc1. The zero-order chi connectivity index (χ0) is 12.5. The molecule has 6 heteroatoms. The third-order valence-corrected chi connectivity index (χ3v) is 3.12. The van der Waals surface area contributed by atoms with Gasteiger partial charge < -0.3 is 8.98 Å². The minimum Gasteiger partial charge on any atom is -0.472 e. The van der Waals surface area contributed by atoms with Crippen molar-refractivity contribution in [3.63, 3.8) is 0 Å². The van der Waals surface area contributed by atoms with Gasteiger partial charge in [-0.15, -0.1) is 11.6 Å². The molecule has 0 fully saturated rings. The van der Waals surface area contributed by atoms with Crippen LogP contribution in [0.1, 0.15) is 11.4 Å². The molecule has 0 aliphatic heterocycles. The highest BCUT2D eigenvalue weighted by Crippen LogP contribution is 2.20. The first kappa shape index (κ1) is 11.6. The van der Waals surface area contributed by atoms with Gasteiger partial charge in [0.25, 0.3) is 0 Å². The van der Waals surface area contributed by atoms with Crippen LogP contribution in [-0.4, -0.2) is 14.5 Å². The van der Waals surface area contributed by atoms with Crippen LogP contribution in [0.5, 0.6) is 0 Å². The van der Waals surface area contributed by atoms with E-state index >= 15 is 0 Å². The third-order valence-electron chi connectivity index (χ3n) is 2.67.